The van der Waals surface area contributed by atoms with Crippen LogP contribution in [0.15, 0.2) is 52.1 Å². The molecule has 2 aliphatic rings. The van der Waals surface area contributed by atoms with Gasteiger partial charge in [-0.15, -0.1) is 24.0 Å². The van der Waals surface area contributed by atoms with Crippen molar-refractivity contribution in [1.82, 2.24) is 20.4 Å². The minimum Gasteiger partial charge on any atom is -0.468 e. The van der Waals surface area contributed by atoms with Crippen LogP contribution in [-0.4, -0.2) is 66.8 Å². The molecule has 32 heavy (non-hydrogen) atoms. The van der Waals surface area contributed by atoms with Crippen molar-refractivity contribution in [2.24, 2.45) is 4.99 Å². The van der Waals surface area contributed by atoms with Crippen molar-refractivity contribution in [3.8, 4) is 0 Å². The minimum absolute atomic E-state index is 0. The van der Waals surface area contributed by atoms with E-state index in [1.807, 2.05) is 19.1 Å². The molecule has 1 aromatic carbocycles. The number of benzene rings is 1. The van der Waals surface area contributed by atoms with E-state index in [4.69, 9.17) is 9.41 Å². The normalized spacial score (nSPS) is 17.3. The average molecular weight is 551 g/mol. The second-order valence-electron chi connectivity index (χ2n) is 7.73. The van der Waals surface area contributed by atoms with Crippen molar-refractivity contribution >= 4 is 41.8 Å². The van der Waals surface area contributed by atoms with E-state index >= 15 is 0 Å². The maximum atomic E-state index is 12.5. The number of fused-ring (bicyclic) bond motifs is 1. The maximum Gasteiger partial charge on any atom is 0.261 e. The molecule has 8 nitrogen and oxygen atoms in total. The van der Waals surface area contributed by atoms with Crippen molar-refractivity contribution in [1.29, 1.82) is 0 Å². The number of aliphatic imine (C=N–C) groups is 1. The molecule has 9 heteroatoms. The molecular weight excluding hydrogens is 521 g/mol. The minimum atomic E-state index is -0.240. The summed E-state index contributed by atoms with van der Waals surface area (Å²) in [6.45, 7) is 6.09. The molecule has 1 atom stereocenters. The quantitative estimate of drug-likeness (QED) is 0.227. The Morgan fingerprint density at radius 1 is 1.06 bits per heavy atom. The van der Waals surface area contributed by atoms with Gasteiger partial charge in [0.2, 0.25) is 0 Å². The first-order valence-corrected chi connectivity index (χ1v) is 10.9. The average Bonchev–Trinajstić information content (AvgIpc) is 3.54. The molecule has 2 aromatic rings. The summed E-state index contributed by atoms with van der Waals surface area (Å²) >= 11 is 0. The predicted molar refractivity (Wildman–Crippen MR) is 133 cm³/mol. The molecule has 1 unspecified atom stereocenters. The molecule has 0 bridgehead atoms. The van der Waals surface area contributed by atoms with Crippen molar-refractivity contribution in [3.63, 3.8) is 0 Å². The van der Waals surface area contributed by atoms with Gasteiger partial charge in [0.1, 0.15) is 5.76 Å². The number of hydrogen-bond acceptors (Lipinski definition) is 5. The van der Waals surface area contributed by atoms with Gasteiger partial charge < -0.3 is 15.1 Å². The summed E-state index contributed by atoms with van der Waals surface area (Å²) in [5.41, 5.74) is 0.944. The smallest absolute Gasteiger partial charge is 0.261 e. The van der Waals surface area contributed by atoms with Crippen LogP contribution in [-0.2, 0) is 0 Å². The number of imide groups is 1. The number of hydrogen-bond donors (Lipinski definition) is 2. The van der Waals surface area contributed by atoms with E-state index in [0.717, 1.165) is 18.8 Å². The highest BCUT2D eigenvalue weighted by Gasteiger charge is 2.34. The second kappa shape index (κ2) is 11.5. The third-order valence-electron chi connectivity index (χ3n) is 5.73. The van der Waals surface area contributed by atoms with Crippen LogP contribution in [0.2, 0.25) is 0 Å². The third-order valence-corrected chi connectivity index (χ3v) is 5.73. The Kier molecular flexibility index (Phi) is 8.68. The third kappa shape index (κ3) is 5.32. The summed E-state index contributed by atoms with van der Waals surface area (Å²) < 4.78 is 5.67. The van der Waals surface area contributed by atoms with Crippen LogP contribution in [0.1, 0.15) is 52.3 Å². The van der Waals surface area contributed by atoms with Crippen molar-refractivity contribution < 1.29 is 14.0 Å². The lowest BCUT2D eigenvalue weighted by molar-refractivity contribution is 0.0657. The van der Waals surface area contributed by atoms with Crippen LogP contribution in [0.3, 0.4) is 0 Å². The summed E-state index contributed by atoms with van der Waals surface area (Å²) in [6.07, 6.45) is 4.09. The first-order valence-electron chi connectivity index (χ1n) is 10.9. The summed E-state index contributed by atoms with van der Waals surface area (Å²) in [6, 6.07) is 11.0. The first kappa shape index (κ1) is 24.2. The molecule has 172 valence electrons. The summed E-state index contributed by atoms with van der Waals surface area (Å²) in [5, 5.41) is 6.49. The van der Waals surface area contributed by atoms with E-state index in [0.29, 0.717) is 36.7 Å². The summed E-state index contributed by atoms with van der Waals surface area (Å²) in [7, 11) is 0. The fourth-order valence-corrected chi connectivity index (χ4v) is 4.17. The molecule has 0 spiro atoms. The molecule has 2 aliphatic heterocycles. The Hall–Kier alpha value is -2.40. The molecule has 0 aliphatic carbocycles. The van der Waals surface area contributed by atoms with Gasteiger partial charge in [-0.2, -0.15) is 0 Å². The standard InChI is InChI=1S/C23H29N5O3.HI/c1-2-24-23(26-16-19(20-10-7-15-31-20)27-12-5-6-13-27)25-11-14-28-21(29)17-8-3-4-9-18(17)22(28)30;/h3-4,7-10,15,19H,2,5-6,11-14,16H2,1H3,(H2,24,25,26);1H. The van der Waals surface area contributed by atoms with Gasteiger partial charge in [0.15, 0.2) is 5.96 Å². The topological polar surface area (TPSA) is 90.2 Å². The summed E-state index contributed by atoms with van der Waals surface area (Å²) in [4.78, 5) is 33.5. The zero-order chi connectivity index (χ0) is 21.6. The number of halogens is 1. The highest BCUT2D eigenvalue weighted by atomic mass is 127. The van der Waals surface area contributed by atoms with Crippen molar-refractivity contribution in [2.75, 3.05) is 39.3 Å². The maximum absolute atomic E-state index is 12.5. The van der Waals surface area contributed by atoms with Crippen LogP contribution in [0.5, 0.6) is 0 Å². The van der Waals surface area contributed by atoms with Crippen LogP contribution >= 0.6 is 24.0 Å². The number of nitrogens with zero attached hydrogens (tertiary/aromatic N) is 3. The number of furan rings is 1. The van der Waals surface area contributed by atoms with Crippen LogP contribution in [0.4, 0.5) is 0 Å². The van der Waals surface area contributed by atoms with Crippen LogP contribution in [0, 0.1) is 0 Å². The van der Waals surface area contributed by atoms with Gasteiger partial charge >= 0.3 is 0 Å². The SMILES string of the molecule is CCNC(=NCC(c1ccco1)N1CCCC1)NCCN1C(=O)c2ccccc2C1=O.I. The zero-order valence-electron chi connectivity index (χ0n) is 18.3. The lowest BCUT2D eigenvalue weighted by Crippen LogP contribution is -2.43. The molecule has 1 aromatic heterocycles. The largest absolute Gasteiger partial charge is 0.468 e. The van der Waals surface area contributed by atoms with Crippen molar-refractivity contribution in [3.05, 3.63) is 59.5 Å². The second-order valence-corrected chi connectivity index (χ2v) is 7.73. The van der Waals surface area contributed by atoms with Gasteiger partial charge in [-0.3, -0.25) is 24.4 Å². The van der Waals surface area contributed by atoms with Gasteiger partial charge in [-0.05, 0) is 57.1 Å². The molecule has 2 N–H and O–H groups in total. The Labute approximate surface area is 205 Å². The molecule has 2 amide bonds. The molecule has 3 heterocycles. The Bertz CT molecular complexity index is 906. The molecule has 0 saturated carbocycles. The number of carbonyl (C=O) groups excluding carboxylic acids is 2. The van der Waals surface area contributed by atoms with Gasteiger partial charge in [-0.25, -0.2) is 0 Å². The molecular formula is C23H30IN5O3. The van der Waals surface area contributed by atoms with E-state index in [9.17, 15) is 9.59 Å². The number of carbonyl (C=O) groups is 2. The van der Waals surface area contributed by atoms with Gasteiger partial charge in [0, 0.05) is 19.6 Å². The van der Waals surface area contributed by atoms with Gasteiger partial charge in [0.05, 0.1) is 30.0 Å². The molecule has 4 rings (SSSR count). The number of nitrogens with one attached hydrogen (secondary N) is 2. The summed E-state index contributed by atoms with van der Waals surface area (Å²) in [5.74, 6) is 1.11. The fourth-order valence-electron chi connectivity index (χ4n) is 4.17. The highest BCUT2D eigenvalue weighted by molar-refractivity contribution is 14.0. The van der Waals surface area contributed by atoms with E-state index in [2.05, 4.69) is 15.5 Å². The number of likely N-dealkylation sites (tertiary alicyclic amines) is 1. The van der Waals surface area contributed by atoms with Gasteiger partial charge in [0.25, 0.3) is 11.8 Å². The lowest BCUT2D eigenvalue weighted by atomic mass is 10.1. The van der Waals surface area contributed by atoms with E-state index < -0.39 is 0 Å². The Morgan fingerprint density at radius 2 is 1.75 bits per heavy atom. The number of amides is 2. The van der Waals surface area contributed by atoms with Crippen LogP contribution in [0.25, 0.3) is 0 Å². The number of guanidine groups is 1. The van der Waals surface area contributed by atoms with E-state index in [1.165, 1.54) is 17.7 Å². The monoisotopic (exact) mass is 551 g/mol. The Morgan fingerprint density at radius 3 is 2.34 bits per heavy atom. The molecule has 1 fully saturated rings. The lowest BCUT2D eigenvalue weighted by Gasteiger charge is -2.24. The van der Waals surface area contributed by atoms with Crippen molar-refractivity contribution in [2.45, 2.75) is 25.8 Å². The first-order chi connectivity index (χ1) is 15.2. The van der Waals surface area contributed by atoms with Gasteiger partial charge in [-0.1, -0.05) is 12.1 Å². The Balaban J connectivity index is 0.00000289. The highest BCUT2D eigenvalue weighted by Crippen LogP contribution is 2.26. The number of rotatable bonds is 8. The van der Waals surface area contributed by atoms with Crippen LogP contribution < -0.4 is 10.6 Å². The molecule has 1 saturated heterocycles. The van der Waals surface area contributed by atoms with E-state index in [-0.39, 0.29) is 48.4 Å². The predicted octanol–water partition coefficient (Wildman–Crippen LogP) is 2.89. The molecule has 0 radical (unpaired) electrons. The fraction of sp³-hybridized carbons (Fsp3) is 0.435. The van der Waals surface area contributed by atoms with E-state index in [1.54, 1.807) is 30.5 Å². The zero-order valence-corrected chi connectivity index (χ0v) is 20.6.